The van der Waals surface area contributed by atoms with E-state index >= 15 is 0 Å². The Balaban J connectivity index is 4.96. The summed E-state index contributed by atoms with van der Waals surface area (Å²) in [5.74, 6) is 0. The molecule has 2 atom stereocenters. The van der Waals surface area contributed by atoms with Crippen LogP contribution in [0.4, 0.5) is 0 Å². The molecule has 0 fully saturated rings. The van der Waals surface area contributed by atoms with E-state index < -0.39 is 14.0 Å². The van der Waals surface area contributed by atoms with E-state index in [1.54, 1.807) is 0 Å². The maximum absolute atomic E-state index is 6.14. The van der Waals surface area contributed by atoms with Gasteiger partial charge in [-0.2, -0.15) is 0 Å². The molecule has 2 unspecified atom stereocenters. The highest BCUT2D eigenvalue weighted by Gasteiger charge is 2.57. The van der Waals surface area contributed by atoms with Crippen molar-refractivity contribution >= 4 is 8.80 Å². The Morgan fingerprint density at radius 3 is 1.79 bits per heavy atom. The zero-order valence-corrected chi connectivity index (χ0v) is 10.7. The van der Waals surface area contributed by atoms with Gasteiger partial charge in [0.05, 0.1) is 5.16 Å². The monoisotopic (exact) mass is 222 g/mol. The van der Waals surface area contributed by atoms with E-state index in [1.807, 2.05) is 13.8 Å². The molecule has 0 aromatic carbocycles. The Hall–Kier alpha value is 0.0169. The van der Waals surface area contributed by atoms with E-state index in [1.165, 1.54) is 21.3 Å². The molecule has 0 rings (SSSR count). The second-order valence-corrected chi connectivity index (χ2v) is 6.88. The molecule has 86 valence electrons. The van der Waals surface area contributed by atoms with Crippen molar-refractivity contribution < 1.29 is 13.3 Å². The molecule has 0 saturated carbocycles. The van der Waals surface area contributed by atoms with Gasteiger partial charge in [0.25, 0.3) is 0 Å². The highest BCUT2D eigenvalue weighted by atomic mass is 28.4. The van der Waals surface area contributed by atoms with Gasteiger partial charge >= 0.3 is 8.80 Å². The maximum Gasteiger partial charge on any atom is 0.522 e. The van der Waals surface area contributed by atoms with Crippen LogP contribution in [0.15, 0.2) is 0 Å². The lowest BCUT2D eigenvalue weighted by Crippen LogP contribution is -2.74. The van der Waals surface area contributed by atoms with Crippen molar-refractivity contribution in [3.63, 3.8) is 0 Å². The van der Waals surface area contributed by atoms with Gasteiger partial charge < -0.3 is 24.7 Å². The van der Waals surface area contributed by atoms with Crippen molar-refractivity contribution in [2.24, 2.45) is 11.5 Å². The molecule has 6 heteroatoms. The molecule has 0 aliphatic carbocycles. The summed E-state index contributed by atoms with van der Waals surface area (Å²) in [7, 11) is 1.73. The SMILES string of the molecule is CCC(N)C(C)(N)[Si](OC)(OC)OC. The third-order valence-electron chi connectivity index (χ3n) is 2.68. The minimum atomic E-state index is -2.88. The standard InChI is InChI=1S/C8H22N2O3Si/c1-6-7(9)8(2,10)14(11-3,12-4)13-5/h7H,6,9-10H2,1-5H3. The molecule has 0 spiro atoms. The Morgan fingerprint density at radius 2 is 1.57 bits per heavy atom. The molecule has 0 aliphatic rings. The molecule has 14 heavy (non-hydrogen) atoms. The fraction of sp³-hybridized carbons (Fsp3) is 1.00. The molecular weight excluding hydrogens is 200 g/mol. The summed E-state index contributed by atoms with van der Waals surface area (Å²) >= 11 is 0. The highest BCUT2D eigenvalue weighted by molar-refractivity contribution is 6.64. The first-order valence-corrected chi connectivity index (χ1v) is 6.34. The Kier molecular flexibility index (Phi) is 5.20. The predicted molar refractivity (Wildman–Crippen MR) is 57.6 cm³/mol. The van der Waals surface area contributed by atoms with Gasteiger partial charge in [-0.3, -0.25) is 0 Å². The van der Waals surface area contributed by atoms with Crippen LogP contribution < -0.4 is 11.5 Å². The Morgan fingerprint density at radius 1 is 1.21 bits per heavy atom. The first-order chi connectivity index (χ1) is 6.41. The number of rotatable bonds is 6. The van der Waals surface area contributed by atoms with Crippen LogP contribution in [0.2, 0.25) is 0 Å². The summed E-state index contributed by atoms with van der Waals surface area (Å²) < 4.78 is 15.9. The number of hydrogen-bond donors (Lipinski definition) is 2. The fourth-order valence-corrected chi connectivity index (χ4v) is 4.04. The third kappa shape index (κ3) is 2.15. The minimum absolute atomic E-state index is 0.214. The van der Waals surface area contributed by atoms with Gasteiger partial charge in [0.15, 0.2) is 0 Å². The van der Waals surface area contributed by atoms with Crippen LogP contribution in [0.5, 0.6) is 0 Å². The van der Waals surface area contributed by atoms with E-state index in [2.05, 4.69) is 0 Å². The van der Waals surface area contributed by atoms with Gasteiger partial charge in [-0.1, -0.05) is 6.92 Å². The molecular formula is C8H22N2O3Si. The molecule has 0 bridgehead atoms. The predicted octanol–water partition coefficient (Wildman–Crippen LogP) is -0.142. The van der Waals surface area contributed by atoms with Gasteiger partial charge in [0.2, 0.25) is 0 Å². The normalized spacial score (nSPS) is 19.1. The van der Waals surface area contributed by atoms with Crippen molar-refractivity contribution in [3.8, 4) is 0 Å². The van der Waals surface area contributed by atoms with Crippen molar-refractivity contribution in [2.75, 3.05) is 21.3 Å². The van der Waals surface area contributed by atoms with E-state index in [0.29, 0.717) is 0 Å². The van der Waals surface area contributed by atoms with Crippen molar-refractivity contribution in [1.29, 1.82) is 0 Å². The molecule has 0 heterocycles. The molecule has 0 aromatic heterocycles. The summed E-state index contributed by atoms with van der Waals surface area (Å²) in [6.07, 6.45) is 0.748. The van der Waals surface area contributed by atoms with Crippen molar-refractivity contribution in [2.45, 2.75) is 31.5 Å². The summed E-state index contributed by atoms with van der Waals surface area (Å²) in [6, 6.07) is -0.214. The quantitative estimate of drug-likeness (QED) is 0.611. The van der Waals surface area contributed by atoms with Crippen LogP contribution in [0.3, 0.4) is 0 Å². The highest BCUT2D eigenvalue weighted by Crippen LogP contribution is 2.24. The second kappa shape index (κ2) is 5.20. The molecule has 0 amide bonds. The zero-order valence-electron chi connectivity index (χ0n) is 9.66. The topological polar surface area (TPSA) is 79.7 Å². The zero-order chi connectivity index (χ0) is 11.4. The molecule has 0 radical (unpaired) electrons. The van der Waals surface area contributed by atoms with E-state index in [0.717, 1.165) is 6.42 Å². The second-order valence-electron chi connectivity index (χ2n) is 3.47. The van der Waals surface area contributed by atoms with Crippen molar-refractivity contribution in [3.05, 3.63) is 0 Å². The Labute approximate surface area is 87.1 Å². The minimum Gasteiger partial charge on any atom is -0.376 e. The number of hydrogen-bond acceptors (Lipinski definition) is 5. The van der Waals surface area contributed by atoms with Gasteiger partial charge in [-0.05, 0) is 13.3 Å². The number of nitrogens with two attached hydrogens (primary N) is 2. The van der Waals surface area contributed by atoms with E-state index in [9.17, 15) is 0 Å². The van der Waals surface area contributed by atoms with Gasteiger partial charge in [-0.25, -0.2) is 0 Å². The summed E-state index contributed by atoms with van der Waals surface area (Å²) in [5, 5.41) is -0.778. The van der Waals surface area contributed by atoms with Crippen LogP contribution in [-0.4, -0.2) is 41.3 Å². The molecule has 5 nitrogen and oxygen atoms in total. The first kappa shape index (κ1) is 14.0. The molecule has 0 saturated heterocycles. The summed E-state index contributed by atoms with van der Waals surface area (Å²) in [5.41, 5.74) is 12.1. The van der Waals surface area contributed by atoms with Crippen LogP contribution >= 0.6 is 0 Å². The van der Waals surface area contributed by atoms with E-state index in [4.69, 9.17) is 24.7 Å². The molecule has 0 aromatic rings. The fourth-order valence-electron chi connectivity index (χ4n) is 1.56. The van der Waals surface area contributed by atoms with Crippen molar-refractivity contribution in [1.82, 2.24) is 0 Å². The average molecular weight is 222 g/mol. The Bertz CT molecular complexity index is 166. The summed E-state index contributed by atoms with van der Waals surface area (Å²) in [6.45, 7) is 3.78. The van der Waals surface area contributed by atoms with Crippen LogP contribution in [0, 0.1) is 0 Å². The first-order valence-electron chi connectivity index (χ1n) is 4.61. The lowest BCUT2D eigenvalue weighted by atomic mass is 10.1. The third-order valence-corrected chi connectivity index (χ3v) is 5.98. The van der Waals surface area contributed by atoms with E-state index in [-0.39, 0.29) is 6.04 Å². The summed E-state index contributed by atoms with van der Waals surface area (Å²) in [4.78, 5) is 0. The van der Waals surface area contributed by atoms with Gasteiger partial charge in [0.1, 0.15) is 0 Å². The van der Waals surface area contributed by atoms with Gasteiger partial charge in [-0.15, -0.1) is 0 Å². The molecule has 4 N–H and O–H groups in total. The largest absolute Gasteiger partial charge is 0.522 e. The maximum atomic E-state index is 6.14. The lowest BCUT2D eigenvalue weighted by Gasteiger charge is -2.41. The van der Waals surface area contributed by atoms with Crippen LogP contribution in [-0.2, 0) is 13.3 Å². The molecule has 0 aliphatic heterocycles. The van der Waals surface area contributed by atoms with Gasteiger partial charge in [0, 0.05) is 27.4 Å². The smallest absolute Gasteiger partial charge is 0.376 e. The van der Waals surface area contributed by atoms with Crippen LogP contribution in [0.25, 0.3) is 0 Å². The lowest BCUT2D eigenvalue weighted by molar-refractivity contribution is 0.0882. The average Bonchev–Trinajstić information content (AvgIpc) is 2.19. The van der Waals surface area contributed by atoms with Crippen LogP contribution in [0.1, 0.15) is 20.3 Å².